The Labute approximate surface area is 121 Å². The minimum Gasteiger partial charge on any atom is -0.340 e. The molecule has 0 aliphatic heterocycles. The second-order valence-corrected chi connectivity index (χ2v) is 4.56. The monoisotopic (exact) mass is 276 g/mol. The van der Waals surface area contributed by atoms with Crippen molar-refractivity contribution in [2.45, 2.75) is 5.92 Å². The molecule has 2 aromatic carbocycles. The van der Waals surface area contributed by atoms with E-state index < -0.39 is 11.8 Å². The lowest BCUT2D eigenvalue weighted by atomic mass is 10.1. The summed E-state index contributed by atoms with van der Waals surface area (Å²) >= 11 is 0. The number of carbonyl (C=O) groups excluding carboxylic acids is 1. The van der Waals surface area contributed by atoms with Gasteiger partial charge in [0.15, 0.2) is 5.92 Å². The van der Waals surface area contributed by atoms with Crippen molar-refractivity contribution in [3.63, 3.8) is 0 Å². The van der Waals surface area contributed by atoms with Crippen LogP contribution in [0.15, 0.2) is 54.6 Å². The molecule has 0 bridgehead atoms. The first-order chi connectivity index (χ1) is 10.3. The van der Waals surface area contributed by atoms with Gasteiger partial charge in [-0.15, -0.1) is 0 Å². The van der Waals surface area contributed by atoms with Gasteiger partial charge in [-0.25, -0.2) is 4.98 Å². The molecule has 5 heteroatoms. The molecule has 3 rings (SSSR count). The molecule has 3 aromatic rings. The van der Waals surface area contributed by atoms with Gasteiger partial charge in [0, 0.05) is 5.69 Å². The number of anilines is 1. The van der Waals surface area contributed by atoms with E-state index >= 15 is 0 Å². The van der Waals surface area contributed by atoms with E-state index in [1.165, 1.54) is 0 Å². The number of hydrogen-bond donors (Lipinski definition) is 2. The van der Waals surface area contributed by atoms with Gasteiger partial charge < -0.3 is 10.3 Å². The number of aromatic nitrogens is 2. The molecule has 1 heterocycles. The Morgan fingerprint density at radius 1 is 1.14 bits per heavy atom. The number of carbonyl (C=O) groups is 1. The zero-order valence-corrected chi connectivity index (χ0v) is 11.1. The molecule has 1 aromatic heterocycles. The minimum atomic E-state index is -0.974. The van der Waals surface area contributed by atoms with E-state index in [0.29, 0.717) is 11.5 Å². The van der Waals surface area contributed by atoms with Gasteiger partial charge in [-0.05, 0) is 24.3 Å². The van der Waals surface area contributed by atoms with Crippen LogP contribution in [0.4, 0.5) is 5.69 Å². The van der Waals surface area contributed by atoms with Crippen LogP contribution >= 0.6 is 0 Å². The maximum atomic E-state index is 12.2. The predicted octanol–water partition coefficient (Wildman–Crippen LogP) is 2.81. The van der Waals surface area contributed by atoms with Gasteiger partial charge in [-0.1, -0.05) is 30.3 Å². The van der Waals surface area contributed by atoms with Crippen LogP contribution in [0.1, 0.15) is 11.7 Å². The quantitative estimate of drug-likeness (QED) is 0.771. The van der Waals surface area contributed by atoms with E-state index in [-0.39, 0.29) is 0 Å². The van der Waals surface area contributed by atoms with Crippen LogP contribution < -0.4 is 5.32 Å². The molecule has 2 N–H and O–H groups in total. The average molecular weight is 276 g/mol. The van der Waals surface area contributed by atoms with Gasteiger partial charge in [-0.2, -0.15) is 5.26 Å². The van der Waals surface area contributed by atoms with Crippen LogP contribution in [0.25, 0.3) is 11.0 Å². The number of para-hydroxylation sites is 3. The number of hydrogen-bond acceptors (Lipinski definition) is 3. The molecule has 102 valence electrons. The van der Waals surface area contributed by atoms with E-state index in [9.17, 15) is 10.1 Å². The van der Waals surface area contributed by atoms with Crippen molar-refractivity contribution in [1.29, 1.82) is 5.26 Å². The number of benzene rings is 2. The Kier molecular flexibility index (Phi) is 3.36. The van der Waals surface area contributed by atoms with Gasteiger partial charge in [0.05, 0.1) is 17.1 Å². The Morgan fingerprint density at radius 3 is 2.57 bits per heavy atom. The Hall–Kier alpha value is -3.13. The molecular weight excluding hydrogens is 264 g/mol. The summed E-state index contributed by atoms with van der Waals surface area (Å²) < 4.78 is 0. The summed E-state index contributed by atoms with van der Waals surface area (Å²) in [6, 6.07) is 18.4. The first-order valence-corrected chi connectivity index (χ1v) is 6.48. The Morgan fingerprint density at radius 2 is 1.86 bits per heavy atom. The summed E-state index contributed by atoms with van der Waals surface area (Å²) in [6.45, 7) is 0. The number of imidazole rings is 1. The Bertz CT molecular complexity index is 784. The zero-order valence-electron chi connectivity index (χ0n) is 11.1. The van der Waals surface area contributed by atoms with E-state index in [1.54, 1.807) is 12.1 Å². The van der Waals surface area contributed by atoms with Crippen molar-refractivity contribution in [2.75, 3.05) is 5.32 Å². The first kappa shape index (κ1) is 12.9. The number of amides is 1. The Balaban J connectivity index is 1.87. The standard InChI is InChI=1S/C16H12N4O/c17-10-12(16(21)18-11-6-2-1-3-7-11)15-19-13-8-4-5-9-14(13)20-15/h1-9,12H,(H,18,21)(H,19,20)/t12-/m0/s1. The third-order valence-electron chi connectivity index (χ3n) is 3.11. The maximum absolute atomic E-state index is 12.2. The van der Waals surface area contributed by atoms with Crippen molar-refractivity contribution in [3.05, 3.63) is 60.4 Å². The molecule has 21 heavy (non-hydrogen) atoms. The van der Waals surface area contributed by atoms with Crippen LogP contribution in [0.2, 0.25) is 0 Å². The highest BCUT2D eigenvalue weighted by molar-refractivity contribution is 5.97. The summed E-state index contributed by atoms with van der Waals surface area (Å²) in [4.78, 5) is 19.6. The van der Waals surface area contributed by atoms with E-state index in [1.807, 2.05) is 48.5 Å². The number of H-pyrrole nitrogens is 1. The lowest BCUT2D eigenvalue weighted by Gasteiger charge is -2.07. The van der Waals surface area contributed by atoms with Crippen LogP contribution in [0.5, 0.6) is 0 Å². The van der Waals surface area contributed by atoms with Crippen LogP contribution in [0, 0.1) is 11.3 Å². The van der Waals surface area contributed by atoms with E-state index in [0.717, 1.165) is 11.0 Å². The summed E-state index contributed by atoms with van der Waals surface area (Å²) in [6.07, 6.45) is 0. The predicted molar refractivity (Wildman–Crippen MR) is 79.5 cm³/mol. The molecule has 0 fully saturated rings. The maximum Gasteiger partial charge on any atom is 0.249 e. The number of fused-ring (bicyclic) bond motifs is 1. The molecule has 5 nitrogen and oxygen atoms in total. The van der Waals surface area contributed by atoms with Crippen molar-refractivity contribution in [2.24, 2.45) is 0 Å². The molecule has 0 aliphatic carbocycles. The van der Waals surface area contributed by atoms with Gasteiger partial charge in [0.25, 0.3) is 0 Å². The number of nitrogens with one attached hydrogen (secondary N) is 2. The largest absolute Gasteiger partial charge is 0.340 e. The summed E-state index contributed by atoms with van der Waals surface area (Å²) in [5.41, 5.74) is 2.19. The first-order valence-electron chi connectivity index (χ1n) is 6.48. The highest BCUT2D eigenvalue weighted by Crippen LogP contribution is 2.19. The minimum absolute atomic E-state index is 0.354. The molecular formula is C16H12N4O. The van der Waals surface area contributed by atoms with Crippen molar-refractivity contribution in [1.82, 2.24) is 9.97 Å². The third kappa shape index (κ3) is 2.60. The van der Waals surface area contributed by atoms with Gasteiger partial charge in [-0.3, -0.25) is 4.79 Å². The van der Waals surface area contributed by atoms with Crippen LogP contribution in [-0.4, -0.2) is 15.9 Å². The molecule has 0 saturated heterocycles. The zero-order chi connectivity index (χ0) is 14.7. The molecule has 0 spiro atoms. The summed E-state index contributed by atoms with van der Waals surface area (Å²) in [5, 5.41) is 12.0. The summed E-state index contributed by atoms with van der Waals surface area (Å²) in [5.74, 6) is -1.02. The lowest BCUT2D eigenvalue weighted by molar-refractivity contribution is -0.116. The lowest BCUT2D eigenvalue weighted by Crippen LogP contribution is -2.20. The molecule has 1 atom stereocenters. The number of aromatic amines is 1. The fourth-order valence-corrected chi connectivity index (χ4v) is 2.09. The molecule has 0 radical (unpaired) electrons. The van der Waals surface area contributed by atoms with Crippen LogP contribution in [-0.2, 0) is 4.79 Å². The van der Waals surface area contributed by atoms with E-state index in [2.05, 4.69) is 15.3 Å². The number of nitrogens with zero attached hydrogens (tertiary/aromatic N) is 2. The molecule has 0 saturated carbocycles. The fourth-order valence-electron chi connectivity index (χ4n) is 2.09. The van der Waals surface area contributed by atoms with Crippen LogP contribution in [0.3, 0.4) is 0 Å². The highest BCUT2D eigenvalue weighted by atomic mass is 16.1. The second-order valence-electron chi connectivity index (χ2n) is 4.56. The van der Waals surface area contributed by atoms with Gasteiger partial charge in [0.1, 0.15) is 5.82 Å². The topological polar surface area (TPSA) is 81.6 Å². The third-order valence-corrected chi connectivity index (χ3v) is 3.11. The molecule has 0 aliphatic rings. The van der Waals surface area contributed by atoms with Crippen molar-refractivity contribution in [3.8, 4) is 6.07 Å². The summed E-state index contributed by atoms with van der Waals surface area (Å²) in [7, 11) is 0. The van der Waals surface area contributed by atoms with E-state index in [4.69, 9.17) is 0 Å². The fraction of sp³-hybridized carbons (Fsp3) is 0.0625. The van der Waals surface area contributed by atoms with Crippen molar-refractivity contribution < 1.29 is 4.79 Å². The molecule has 1 amide bonds. The highest BCUT2D eigenvalue weighted by Gasteiger charge is 2.23. The van der Waals surface area contributed by atoms with Gasteiger partial charge >= 0.3 is 0 Å². The van der Waals surface area contributed by atoms with Gasteiger partial charge in [0.2, 0.25) is 5.91 Å². The SMILES string of the molecule is N#C[C@H](C(=O)Nc1ccccc1)c1nc2ccccc2[nH]1. The smallest absolute Gasteiger partial charge is 0.249 e. The number of nitriles is 1. The molecule has 0 unspecified atom stereocenters. The number of rotatable bonds is 3. The normalized spacial score (nSPS) is 11.8. The second kappa shape index (κ2) is 5.47. The van der Waals surface area contributed by atoms with Crippen molar-refractivity contribution >= 4 is 22.6 Å². The average Bonchev–Trinajstić information content (AvgIpc) is 2.92.